The van der Waals surface area contributed by atoms with E-state index in [9.17, 15) is 9.59 Å². The SMILES string of the molecule is CC(C)CNC(=O)CN(C)C(=O)C(C)C(N)=S. The number of amides is 2. The molecule has 0 radical (unpaired) electrons. The number of carbonyl (C=O) groups excluding carboxylic acids is 2. The molecule has 0 aliphatic carbocycles. The minimum Gasteiger partial charge on any atom is -0.393 e. The summed E-state index contributed by atoms with van der Waals surface area (Å²) >= 11 is 4.74. The van der Waals surface area contributed by atoms with Crippen LogP contribution in [-0.2, 0) is 9.59 Å². The van der Waals surface area contributed by atoms with Gasteiger partial charge in [0.2, 0.25) is 11.8 Å². The Morgan fingerprint density at radius 1 is 1.35 bits per heavy atom. The predicted octanol–water partition coefficient (Wildman–Crippen LogP) is 0.139. The monoisotopic (exact) mass is 259 g/mol. The molecule has 0 aromatic heterocycles. The van der Waals surface area contributed by atoms with E-state index in [1.54, 1.807) is 14.0 Å². The summed E-state index contributed by atoms with van der Waals surface area (Å²) in [4.78, 5) is 24.7. The van der Waals surface area contributed by atoms with Crippen molar-refractivity contribution in [1.82, 2.24) is 10.2 Å². The van der Waals surface area contributed by atoms with Gasteiger partial charge in [-0.05, 0) is 12.8 Å². The van der Waals surface area contributed by atoms with Crippen LogP contribution in [0.3, 0.4) is 0 Å². The Morgan fingerprint density at radius 2 is 1.88 bits per heavy atom. The van der Waals surface area contributed by atoms with Gasteiger partial charge in [0.15, 0.2) is 0 Å². The van der Waals surface area contributed by atoms with Gasteiger partial charge in [0, 0.05) is 13.6 Å². The second-order valence-electron chi connectivity index (χ2n) is 4.52. The lowest BCUT2D eigenvalue weighted by Gasteiger charge is -2.20. The van der Waals surface area contributed by atoms with E-state index < -0.39 is 5.92 Å². The number of hydrogen-bond donors (Lipinski definition) is 2. The van der Waals surface area contributed by atoms with Gasteiger partial charge in [-0.2, -0.15) is 0 Å². The Morgan fingerprint density at radius 3 is 2.29 bits per heavy atom. The first-order valence-electron chi connectivity index (χ1n) is 5.56. The van der Waals surface area contributed by atoms with Gasteiger partial charge in [-0.25, -0.2) is 0 Å². The quantitative estimate of drug-likeness (QED) is 0.665. The lowest BCUT2D eigenvalue weighted by molar-refractivity contribution is -0.136. The number of likely N-dealkylation sites (N-methyl/N-ethyl adjacent to an activating group) is 1. The van der Waals surface area contributed by atoms with E-state index in [4.69, 9.17) is 18.0 Å². The van der Waals surface area contributed by atoms with E-state index in [-0.39, 0.29) is 23.3 Å². The van der Waals surface area contributed by atoms with Gasteiger partial charge in [0.05, 0.1) is 17.5 Å². The molecule has 0 aliphatic heterocycles. The average Bonchev–Trinajstić information content (AvgIpc) is 2.23. The van der Waals surface area contributed by atoms with Crippen LogP contribution >= 0.6 is 12.2 Å². The second kappa shape index (κ2) is 7.21. The molecule has 6 heteroatoms. The molecule has 3 N–H and O–H groups in total. The van der Waals surface area contributed by atoms with Crippen LogP contribution in [-0.4, -0.2) is 41.8 Å². The minimum atomic E-state index is -0.534. The van der Waals surface area contributed by atoms with E-state index in [1.165, 1.54) is 4.90 Å². The Balaban J connectivity index is 4.16. The van der Waals surface area contributed by atoms with Crippen molar-refractivity contribution in [3.8, 4) is 0 Å². The lowest BCUT2D eigenvalue weighted by atomic mass is 10.1. The summed E-state index contributed by atoms with van der Waals surface area (Å²) in [5.41, 5.74) is 5.39. The minimum absolute atomic E-state index is 0.0263. The van der Waals surface area contributed by atoms with E-state index >= 15 is 0 Å². The molecule has 0 saturated carbocycles. The molecular weight excluding hydrogens is 238 g/mol. The van der Waals surface area contributed by atoms with Crippen LogP contribution in [0.2, 0.25) is 0 Å². The standard InChI is InChI=1S/C11H21N3O2S/c1-7(2)5-13-9(15)6-14(4)11(16)8(3)10(12)17/h7-8H,5-6H2,1-4H3,(H2,12,17)(H,13,15). The molecule has 1 unspecified atom stereocenters. The van der Waals surface area contributed by atoms with Crippen molar-refractivity contribution in [3.05, 3.63) is 0 Å². The largest absolute Gasteiger partial charge is 0.393 e. The molecule has 0 saturated heterocycles. The van der Waals surface area contributed by atoms with E-state index in [2.05, 4.69) is 5.32 Å². The van der Waals surface area contributed by atoms with Crippen LogP contribution < -0.4 is 11.1 Å². The number of nitrogens with zero attached hydrogens (tertiary/aromatic N) is 1. The highest BCUT2D eigenvalue weighted by Crippen LogP contribution is 2.01. The van der Waals surface area contributed by atoms with Gasteiger partial charge in [0.1, 0.15) is 0 Å². The van der Waals surface area contributed by atoms with Crippen molar-refractivity contribution in [1.29, 1.82) is 0 Å². The molecule has 98 valence electrons. The van der Waals surface area contributed by atoms with Crippen LogP contribution in [0.1, 0.15) is 20.8 Å². The first-order chi connectivity index (χ1) is 7.75. The molecule has 0 aromatic rings. The molecule has 2 amide bonds. The summed E-state index contributed by atoms with van der Waals surface area (Å²) in [5, 5.41) is 2.74. The van der Waals surface area contributed by atoms with E-state index in [0.717, 1.165) is 0 Å². The highest BCUT2D eigenvalue weighted by atomic mass is 32.1. The van der Waals surface area contributed by atoms with E-state index in [1.807, 2.05) is 13.8 Å². The molecule has 5 nitrogen and oxygen atoms in total. The highest BCUT2D eigenvalue weighted by Gasteiger charge is 2.21. The van der Waals surface area contributed by atoms with Gasteiger partial charge < -0.3 is 16.0 Å². The number of thiocarbonyl (C=S) groups is 1. The maximum Gasteiger partial charge on any atom is 0.239 e. The Hall–Kier alpha value is -1.17. The topological polar surface area (TPSA) is 75.4 Å². The third kappa shape index (κ3) is 6.21. The van der Waals surface area contributed by atoms with E-state index in [0.29, 0.717) is 12.5 Å². The third-order valence-corrected chi connectivity index (χ3v) is 2.62. The summed E-state index contributed by atoms with van der Waals surface area (Å²) in [6, 6.07) is 0. The molecule has 0 aromatic carbocycles. The fraction of sp³-hybridized carbons (Fsp3) is 0.727. The molecule has 0 rings (SSSR count). The van der Waals surface area contributed by atoms with Crippen molar-refractivity contribution < 1.29 is 9.59 Å². The van der Waals surface area contributed by atoms with Gasteiger partial charge in [-0.15, -0.1) is 0 Å². The van der Waals surface area contributed by atoms with Crippen LogP contribution in [0.5, 0.6) is 0 Å². The maximum atomic E-state index is 11.7. The van der Waals surface area contributed by atoms with Crippen molar-refractivity contribution in [3.63, 3.8) is 0 Å². The van der Waals surface area contributed by atoms with Crippen molar-refractivity contribution in [2.24, 2.45) is 17.6 Å². The zero-order valence-corrected chi connectivity index (χ0v) is 11.6. The molecule has 0 fully saturated rings. The molecule has 0 aliphatic rings. The number of carbonyl (C=O) groups is 2. The van der Waals surface area contributed by atoms with Crippen molar-refractivity contribution in [2.75, 3.05) is 20.1 Å². The van der Waals surface area contributed by atoms with Crippen LogP contribution in [0.25, 0.3) is 0 Å². The summed E-state index contributed by atoms with van der Waals surface area (Å²) < 4.78 is 0. The fourth-order valence-corrected chi connectivity index (χ4v) is 1.22. The third-order valence-electron chi connectivity index (χ3n) is 2.26. The summed E-state index contributed by atoms with van der Waals surface area (Å²) in [6.07, 6.45) is 0. The molecule has 0 heterocycles. The Labute approximate surface area is 108 Å². The molecule has 1 atom stereocenters. The van der Waals surface area contributed by atoms with Gasteiger partial charge in [-0.1, -0.05) is 26.1 Å². The van der Waals surface area contributed by atoms with Crippen molar-refractivity contribution in [2.45, 2.75) is 20.8 Å². The Kier molecular flexibility index (Phi) is 6.72. The van der Waals surface area contributed by atoms with Gasteiger partial charge in [0.25, 0.3) is 0 Å². The maximum absolute atomic E-state index is 11.7. The average molecular weight is 259 g/mol. The zero-order chi connectivity index (χ0) is 13.6. The number of hydrogen-bond acceptors (Lipinski definition) is 3. The Bertz CT molecular complexity index is 305. The van der Waals surface area contributed by atoms with Gasteiger partial charge in [-0.3, -0.25) is 9.59 Å². The fourth-order valence-electron chi connectivity index (χ4n) is 1.12. The smallest absolute Gasteiger partial charge is 0.239 e. The summed E-state index contributed by atoms with van der Waals surface area (Å²) in [5.74, 6) is -0.565. The second-order valence-corrected chi connectivity index (χ2v) is 4.99. The summed E-state index contributed by atoms with van der Waals surface area (Å²) in [6.45, 7) is 6.27. The van der Waals surface area contributed by atoms with Crippen LogP contribution in [0.4, 0.5) is 0 Å². The first kappa shape index (κ1) is 15.8. The number of nitrogens with two attached hydrogens (primary N) is 1. The van der Waals surface area contributed by atoms with Crippen molar-refractivity contribution >= 4 is 29.0 Å². The lowest BCUT2D eigenvalue weighted by Crippen LogP contribution is -2.43. The molecule has 17 heavy (non-hydrogen) atoms. The number of nitrogens with one attached hydrogen (secondary N) is 1. The van der Waals surface area contributed by atoms with Crippen LogP contribution in [0, 0.1) is 11.8 Å². The summed E-state index contributed by atoms with van der Waals surface area (Å²) in [7, 11) is 1.56. The molecule has 0 bridgehead atoms. The first-order valence-corrected chi connectivity index (χ1v) is 5.97. The normalized spacial score (nSPS) is 12.1. The number of rotatable bonds is 6. The highest BCUT2D eigenvalue weighted by molar-refractivity contribution is 7.80. The molecular formula is C11H21N3O2S. The van der Waals surface area contributed by atoms with Gasteiger partial charge >= 0.3 is 0 Å². The predicted molar refractivity (Wildman–Crippen MR) is 71.4 cm³/mol. The molecule has 0 spiro atoms. The zero-order valence-electron chi connectivity index (χ0n) is 10.8. The van der Waals surface area contributed by atoms with Crippen LogP contribution in [0.15, 0.2) is 0 Å².